The SMILES string of the molecule is Cc1cccc(-n2cc(-c3ccccc3)c3c(N4CCC(C(N)=O)CC4)ncnc32)c1. The predicted molar refractivity (Wildman–Crippen MR) is 123 cm³/mol. The summed E-state index contributed by atoms with van der Waals surface area (Å²) in [6.45, 7) is 3.60. The van der Waals surface area contributed by atoms with Crippen LogP contribution >= 0.6 is 0 Å². The number of nitrogens with two attached hydrogens (primary N) is 1. The van der Waals surface area contributed by atoms with Crippen LogP contribution in [-0.4, -0.2) is 33.5 Å². The number of nitrogens with zero attached hydrogens (tertiary/aromatic N) is 4. The van der Waals surface area contributed by atoms with Crippen molar-refractivity contribution in [1.29, 1.82) is 0 Å². The van der Waals surface area contributed by atoms with E-state index >= 15 is 0 Å². The van der Waals surface area contributed by atoms with Crippen molar-refractivity contribution in [2.24, 2.45) is 11.7 Å². The van der Waals surface area contributed by atoms with Crippen LogP contribution in [0.2, 0.25) is 0 Å². The summed E-state index contributed by atoms with van der Waals surface area (Å²) >= 11 is 0. The Labute approximate surface area is 181 Å². The van der Waals surface area contributed by atoms with E-state index in [0.717, 1.165) is 59.6 Å². The highest BCUT2D eigenvalue weighted by molar-refractivity contribution is 6.02. The van der Waals surface area contributed by atoms with Crippen LogP contribution < -0.4 is 10.6 Å². The van der Waals surface area contributed by atoms with Crippen LogP contribution in [0.1, 0.15) is 18.4 Å². The third-order valence-corrected chi connectivity index (χ3v) is 6.12. The van der Waals surface area contributed by atoms with Crippen molar-refractivity contribution >= 4 is 22.8 Å². The number of amides is 1. The van der Waals surface area contributed by atoms with Crippen LogP contribution in [0.15, 0.2) is 67.1 Å². The van der Waals surface area contributed by atoms with E-state index in [-0.39, 0.29) is 11.8 Å². The van der Waals surface area contributed by atoms with Gasteiger partial charge in [0.1, 0.15) is 12.1 Å². The maximum atomic E-state index is 11.6. The van der Waals surface area contributed by atoms with Gasteiger partial charge in [0.2, 0.25) is 5.91 Å². The minimum absolute atomic E-state index is 0.0564. The highest BCUT2D eigenvalue weighted by atomic mass is 16.1. The number of carbonyl (C=O) groups is 1. The molecule has 156 valence electrons. The van der Waals surface area contributed by atoms with E-state index < -0.39 is 0 Å². The van der Waals surface area contributed by atoms with Crippen LogP contribution in [0.4, 0.5) is 5.82 Å². The molecule has 1 amide bonds. The van der Waals surface area contributed by atoms with Crippen LogP contribution in [0.25, 0.3) is 27.8 Å². The Kier molecular flexibility index (Phi) is 4.90. The average Bonchev–Trinajstić information content (AvgIpc) is 3.20. The molecule has 0 spiro atoms. The van der Waals surface area contributed by atoms with E-state index in [9.17, 15) is 4.79 Å². The van der Waals surface area contributed by atoms with E-state index in [1.165, 1.54) is 5.56 Å². The molecule has 1 aliphatic rings. The standard InChI is InChI=1S/C25H25N5O/c1-17-6-5-9-20(14-17)30-15-21(18-7-3-2-4-8-18)22-24(27-16-28-25(22)30)29-12-10-19(11-13-29)23(26)31/h2-9,14-16,19H,10-13H2,1H3,(H2,26,31). The number of aryl methyl sites for hydroxylation is 1. The van der Waals surface area contributed by atoms with Crippen molar-refractivity contribution in [3.63, 3.8) is 0 Å². The number of primary amides is 1. The second-order valence-corrected chi connectivity index (χ2v) is 8.18. The third-order valence-electron chi connectivity index (χ3n) is 6.12. The first kappa shape index (κ1) is 19.3. The Morgan fingerprint density at radius 1 is 1.03 bits per heavy atom. The zero-order chi connectivity index (χ0) is 21.4. The summed E-state index contributed by atoms with van der Waals surface area (Å²) in [6, 6.07) is 18.8. The maximum Gasteiger partial charge on any atom is 0.220 e. The van der Waals surface area contributed by atoms with Crippen molar-refractivity contribution in [2.75, 3.05) is 18.0 Å². The molecule has 1 saturated heterocycles. The molecule has 0 saturated carbocycles. The van der Waals surface area contributed by atoms with Gasteiger partial charge in [-0.15, -0.1) is 0 Å². The highest BCUT2D eigenvalue weighted by Gasteiger charge is 2.27. The number of piperidine rings is 1. The molecule has 31 heavy (non-hydrogen) atoms. The van der Waals surface area contributed by atoms with Gasteiger partial charge in [0, 0.05) is 36.5 Å². The van der Waals surface area contributed by atoms with Gasteiger partial charge in [-0.1, -0.05) is 42.5 Å². The Morgan fingerprint density at radius 2 is 1.81 bits per heavy atom. The molecule has 6 nitrogen and oxygen atoms in total. The molecule has 2 aromatic heterocycles. The summed E-state index contributed by atoms with van der Waals surface area (Å²) in [6.07, 6.45) is 5.29. The Hall–Kier alpha value is -3.67. The van der Waals surface area contributed by atoms with Gasteiger partial charge in [-0.05, 0) is 43.0 Å². The fourth-order valence-electron chi connectivity index (χ4n) is 4.47. The van der Waals surface area contributed by atoms with Crippen LogP contribution in [0.3, 0.4) is 0 Å². The summed E-state index contributed by atoms with van der Waals surface area (Å²) in [5, 5.41) is 1.03. The number of hydrogen-bond donors (Lipinski definition) is 1. The number of fused-ring (bicyclic) bond motifs is 1. The first-order valence-electron chi connectivity index (χ1n) is 10.6. The van der Waals surface area contributed by atoms with Gasteiger partial charge in [0.05, 0.1) is 5.39 Å². The molecule has 3 heterocycles. The maximum absolute atomic E-state index is 11.6. The molecule has 5 rings (SSSR count). The first-order chi connectivity index (χ1) is 15.1. The first-order valence-corrected chi connectivity index (χ1v) is 10.6. The van der Waals surface area contributed by atoms with E-state index in [4.69, 9.17) is 10.7 Å². The molecule has 1 fully saturated rings. The molecule has 4 aromatic rings. The fourth-order valence-corrected chi connectivity index (χ4v) is 4.47. The number of rotatable bonds is 4. The lowest BCUT2D eigenvalue weighted by Gasteiger charge is -2.31. The number of carbonyl (C=O) groups excluding carboxylic acids is 1. The number of aromatic nitrogens is 3. The Morgan fingerprint density at radius 3 is 2.52 bits per heavy atom. The van der Waals surface area contributed by atoms with E-state index in [1.54, 1.807) is 6.33 Å². The molecule has 0 radical (unpaired) electrons. The smallest absolute Gasteiger partial charge is 0.220 e. The largest absolute Gasteiger partial charge is 0.369 e. The number of anilines is 1. The van der Waals surface area contributed by atoms with Gasteiger partial charge in [-0.2, -0.15) is 0 Å². The van der Waals surface area contributed by atoms with Crippen LogP contribution in [-0.2, 0) is 4.79 Å². The molecule has 0 aliphatic carbocycles. The summed E-state index contributed by atoms with van der Waals surface area (Å²) < 4.78 is 2.14. The van der Waals surface area contributed by atoms with Gasteiger partial charge in [-0.3, -0.25) is 4.79 Å². The van der Waals surface area contributed by atoms with Gasteiger partial charge in [0.15, 0.2) is 5.65 Å². The molecule has 6 heteroatoms. The van der Waals surface area contributed by atoms with Crippen molar-refractivity contribution in [1.82, 2.24) is 14.5 Å². The van der Waals surface area contributed by atoms with Gasteiger partial charge in [0.25, 0.3) is 0 Å². The summed E-state index contributed by atoms with van der Waals surface area (Å²) in [7, 11) is 0. The van der Waals surface area contributed by atoms with E-state index in [2.05, 4.69) is 64.0 Å². The third kappa shape index (κ3) is 3.54. The van der Waals surface area contributed by atoms with Crippen molar-refractivity contribution < 1.29 is 4.79 Å². The lowest BCUT2D eigenvalue weighted by Crippen LogP contribution is -2.39. The number of benzene rings is 2. The predicted octanol–water partition coefficient (Wildman–Crippen LogP) is 4.10. The quantitative estimate of drug-likeness (QED) is 0.549. The summed E-state index contributed by atoms with van der Waals surface area (Å²) in [5.74, 6) is 0.653. The van der Waals surface area contributed by atoms with Crippen molar-refractivity contribution in [3.8, 4) is 16.8 Å². The lowest BCUT2D eigenvalue weighted by atomic mass is 9.96. The van der Waals surface area contributed by atoms with Gasteiger partial charge < -0.3 is 15.2 Å². The molecular weight excluding hydrogens is 386 g/mol. The summed E-state index contributed by atoms with van der Waals surface area (Å²) in [5.41, 5.74) is 10.9. The summed E-state index contributed by atoms with van der Waals surface area (Å²) in [4.78, 5) is 23.3. The highest BCUT2D eigenvalue weighted by Crippen LogP contribution is 2.37. The zero-order valence-corrected chi connectivity index (χ0v) is 17.5. The lowest BCUT2D eigenvalue weighted by molar-refractivity contribution is -0.122. The van der Waals surface area contributed by atoms with E-state index in [1.807, 2.05) is 18.2 Å². The molecule has 0 unspecified atom stereocenters. The van der Waals surface area contributed by atoms with E-state index in [0.29, 0.717) is 0 Å². The molecular formula is C25H25N5O. The zero-order valence-electron chi connectivity index (χ0n) is 17.5. The monoisotopic (exact) mass is 411 g/mol. The van der Waals surface area contributed by atoms with Crippen molar-refractivity contribution in [3.05, 3.63) is 72.7 Å². The topological polar surface area (TPSA) is 77.0 Å². The normalized spacial score (nSPS) is 14.8. The van der Waals surface area contributed by atoms with Crippen LogP contribution in [0.5, 0.6) is 0 Å². The van der Waals surface area contributed by atoms with Gasteiger partial charge in [-0.25, -0.2) is 9.97 Å². The van der Waals surface area contributed by atoms with Crippen LogP contribution in [0, 0.1) is 12.8 Å². The molecule has 2 aromatic carbocycles. The molecule has 0 bridgehead atoms. The van der Waals surface area contributed by atoms with Gasteiger partial charge >= 0.3 is 0 Å². The average molecular weight is 412 g/mol. The Bertz CT molecular complexity index is 1240. The minimum atomic E-state index is -0.206. The number of hydrogen-bond acceptors (Lipinski definition) is 4. The second-order valence-electron chi connectivity index (χ2n) is 8.18. The molecule has 2 N–H and O–H groups in total. The Balaban J connectivity index is 1.68. The van der Waals surface area contributed by atoms with Crippen molar-refractivity contribution in [2.45, 2.75) is 19.8 Å². The molecule has 0 atom stereocenters. The second kappa shape index (κ2) is 7.87. The minimum Gasteiger partial charge on any atom is -0.369 e. The fraction of sp³-hybridized carbons (Fsp3) is 0.240. The molecule has 1 aliphatic heterocycles.